The molecular formula is C21H18Cl2N2O5. The average Bonchev–Trinajstić information content (AvgIpc) is 2.96. The maximum atomic E-state index is 12.5. The number of ether oxygens (including phenoxy) is 1. The molecule has 0 saturated carbocycles. The molecule has 1 atom stereocenters. The van der Waals surface area contributed by atoms with E-state index in [0.29, 0.717) is 13.0 Å². The number of imide groups is 1. The molecule has 30 heavy (non-hydrogen) atoms. The minimum atomic E-state index is -1.22. The van der Waals surface area contributed by atoms with Crippen molar-refractivity contribution in [1.82, 2.24) is 10.2 Å². The van der Waals surface area contributed by atoms with Crippen LogP contribution in [0.2, 0.25) is 10.0 Å². The third kappa shape index (κ3) is 4.63. The topological polar surface area (TPSA) is 92.8 Å². The molecule has 156 valence electrons. The number of halogens is 2. The highest BCUT2D eigenvalue weighted by molar-refractivity contribution is 6.43. The number of carbonyl (C=O) groups is 4. The largest absolute Gasteiger partial charge is 0.454 e. The van der Waals surface area contributed by atoms with Gasteiger partial charge in [-0.05, 0) is 31.0 Å². The average molecular weight is 449 g/mol. The third-order valence-electron chi connectivity index (χ3n) is 4.61. The van der Waals surface area contributed by atoms with Crippen LogP contribution in [-0.4, -0.2) is 47.8 Å². The molecule has 1 N–H and O–H groups in total. The Morgan fingerprint density at radius 1 is 1.03 bits per heavy atom. The summed E-state index contributed by atoms with van der Waals surface area (Å²) in [6.45, 7) is 1.22. The Bertz CT molecular complexity index is 969. The van der Waals surface area contributed by atoms with Crippen LogP contribution in [-0.2, 0) is 20.7 Å². The Morgan fingerprint density at radius 2 is 1.60 bits per heavy atom. The van der Waals surface area contributed by atoms with E-state index in [0.717, 1.165) is 10.5 Å². The van der Waals surface area contributed by atoms with Gasteiger partial charge in [0, 0.05) is 6.54 Å². The molecule has 0 fully saturated rings. The Labute approximate surface area is 182 Å². The van der Waals surface area contributed by atoms with Crippen LogP contribution in [0.3, 0.4) is 0 Å². The van der Waals surface area contributed by atoms with Crippen LogP contribution in [0, 0.1) is 0 Å². The van der Waals surface area contributed by atoms with Crippen molar-refractivity contribution in [3.05, 3.63) is 69.2 Å². The molecule has 7 nitrogen and oxygen atoms in total. The van der Waals surface area contributed by atoms with E-state index in [9.17, 15) is 19.2 Å². The first-order valence-corrected chi connectivity index (χ1v) is 9.89. The molecule has 2 aromatic carbocycles. The zero-order valence-corrected chi connectivity index (χ0v) is 17.5. The molecule has 1 aliphatic heterocycles. The van der Waals surface area contributed by atoms with Crippen molar-refractivity contribution < 1.29 is 23.9 Å². The summed E-state index contributed by atoms with van der Waals surface area (Å²) in [5.41, 5.74) is 1.19. The number of hydrogen-bond donors (Lipinski definition) is 1. The van der Waals surface area contributed by atoms with Crippen LogP contribution < -0.4 is 5.32 Å². The van der Waals surface area contributed by atoms with Gasteiger partial charge in [0.15, 0.2) is 6.61 Å². The number of nitrogens with zero attached hydrogens (tertiary/aromatic N) is 1. The van der Waals surface area contributed by atoms with Crippen molar-refractivity contribution in [2.24, 2.45) is 0 Å². The predicted octanol–water partition coefficient (Wildman–Crippen LogP) is 2.88. The molecular weight excluding hydrogens is 431 g/mol. The fraction of sp³-hybridized carbons (Fsp3) is 0.238. The van der Waals surface area contributed by atoms with Gasteiger partial charge in [0.1, 0.15) is 6.04 Å². The zero-order valence-electron chi connectivity index (χ0n) is 16.0. The first-order valence-electron chi connectivity index (χ1n) is 9.13. The lowest BCUT2D eigenvalue weighted by Gasteiger charge is -2.20. The molecule has 9 heteroatoms. The molecule has 0 aromatic heterocycles. The number of amides is 3. The van der Waals surface area contributed by atoms with E-state index in [4.69, 9.17) is 27.9 Å². The van der Waals surface area contributed by atoms with Crippen LogP contribution in [0.25, 0.3) is 0 Å². The van der Waals surface area contributed by atoms with E-state index < -0.39 is 36.3 Å². The summed E-state index contributed by atoms with van der Waals surface area (Å²) in [5, 5.41) is 2.90. The molecule has 0 bridgehead atoms. The minimum Gasteiger partial charge on any atom is -0.454 e. The van der Waals surface area contributed by atoms with Gasteiger partial charge < -0.3 is 10.1 Å². The number of fused-ring (bicyclic) bond motifs is 1. The van der Waals surface area contributed by atoms with Gasteiger partial charge in [0.05, 0.1) is 21.2 Å². The standard InChI is InChI=1S/C21H18Cl2N2O5/c1-12(25-19(27)14-9-16(22)17(23)10-15(14)20(25)28)21(29)30-11-18(26)24-8-7-13-5-3-2-4-6-13/h2-6,9-10,12H,7-8,11H2,1H3,(H,24,26)/t12-/m0/s1. The van der Waals surface area contributed by atoms with Crippen molar-refractivity contribution in [2.45, 2.75) is 19.4 Å². The molecule has 0 unspecified atom stereocenters. The summed E-state index contributed by atoms with van der Waals surface area (Å²) in [5.74, 6) is -2.71. The highest BCUT2D eigenvalue weighted by Gasteiger charge is 2.42. The van der Waals surface area contributed by atoms with Crippen molar-refractivity contribution in [1.29, 1.82) is 0 Å². The lowest BCUT2D eigenvalue weighted by molar-refractivity contribution is -0.151. The maximum Gasteiger partial charge on any atom is 0.329 e. The lowest BCUT2D eigenvalue weighted by Crippen LogP contribution is -2.44. The smallest absolute Gasteiger partial charge is 0.329 e. The fourth-order valence-corrected chi connectivity index (χ4v) is 3.34. The normalized spacial score (nSPS) is 13.8. The molecule has 3 rings (SSSR count). The van der Waals surface area contributed by atoms with Gasteiger partial charge in [0.2, 0.25) is 0 Å². The lowest BCUT2D eigenvalue weighted by atomic mass is 10.1. The van der Waals surface area contributed by atoms with Gasteiger partial charge >= 0.3 is 5.97 Å². The molecule has 1 aliphatic rings. The Kier molecular flexibility index (Phi) is 6.74. The number of carbonyl (C=O) groups excluding carboxylic acids is 4. The van der Waals surface area contributed by atoms with E-state index in [1.807, 2.05) is 30.3 Å². The van der Waals surface area contributed by atoms with Gasteiger partial charge in [0.25, 0.3) is 17.7 Å². The highest BCUT2D eigenvalue weighted by Crippen LogP contribution is 2.32. The first kappa shape index (κ1) is 21.8. The monoisotopic (exact) mass is 448 g/mol. The Morgan fingerprint density at radius 3 is 2.17 bits per heavy atom. The summed E-state index contributed by atoms with van der Waals surface area (Å²) in [7, 11) is 0. The maximum absolute atomic E-state index is 12.5. The first-order chi connectivity index (χ1) is 14.3. The molecule has 0 radical (unpaired) electrons. The zero-order chi connectivity index (χ0) is 21.8. The second-order valence-electron chi connectivity index (χ2n) is 6.66. The van der Waals surface area contributed by atoms with Gasteiger partial charge in [-0.3, -0.25) is 19.3 Å². The van der Waals surface area contributed by atoms with Crippen LogP contribution in [0.15, 0.2) is 42.5 Å². The van der Waals surface area contributed by atoms with E-state index in [-0.39, 0.29) is 21.2 Å². The van der Waals surface area contributed by atoms with Crippen LogP contribution in [0.1, 0.15) is 33.2 Å². The number of hydrogen-bond acceptors (Lipinski definition) is 5. The minimum absolute atomic E-state index is 0.0627. The second kappa shape index (κ2) is 9.28. The SMILES string of the molecule is C[C@@H](C(=O)OCC(=O)NCCc1ccccc1)N1C(=O)c2cc(Cl)c(Cl)cc2C1=O. The van der Waals surface area contributed by atoms with Gasteiger partial charge in [-0.15, -0.1) is 0 Å². The summed E-state index contributed by atoms with van der Waals surface area (Å²) in [4.78, 5) is 50.1. The van der Waals surface area contributed by atoms with Crippen molar-refractivity contribution in [2.75, 3.05) is 13.2 Å². The molecule has 0 aliphatic carbocycles. The third-order valence-corrected chi connectivity index (χ3v) is 5.33. The second-order valence-corrected chi connectivity index (χ2v) is 7.48. The number of nitrogens with one attached hydrogen (secondary N) is 1. The number of esters is 1. The van der Waals surface area contributed by atoms with E-state index >= 15 is 0 Å². The van der Waals surface area contributed by atoms with Crippen molar-refractivity contribution >= 4 is 46.9 Å². The van der Waals surface area contributed by atoms with Crippen LogP contribution in [0.5, 0.6) is 0 Å². The van der Waals surface area contributed by atoms with E-state index in [1.165, 1.54) is 19.1 Å². The number of rotatable bonds is 7. The molecule has 2 aromatic rings. The summed E-state index contributed by atoms with van der Waals surface area (Å²) >= 11 is 11.8. The fourth-order valence-electron chi connectivity index (χ4n) is 3.01. The van der Waals surface area contributed by atoms with Gasteiger partial charge in [-0.1, -0.05) is 53.5 Å². The predicted molar refractivity (Wildman–Crippen MR) is 111 cm³/mol. The Hall–Kier alpha value is -2.90. The van der Waals surface area contributed by atoms with Crippen molar-refractivity contribution in [3.63, 3.8) is 0 Å². The van der Waals surface area contributed by atoms with Gasteiger partial charge in [-0.25, -0.2) is 4.79 Å². The summed E-state index contributed by atoms with van der Waals surface area (Å²) in [6, 6.07) is 11.0. The van der Waals surface area contributed by atoms with Crippen LogP contribution in [0.4, 0.5) is 0 Å². The molecule has 0 spiro atoms. The molecule has 1 heterocycles. The highest BCUT2D eigenvalue weighted by atomic mass is 35.5. The van der Waals surface area contributed by atoms with Crippen molar-refractivity contribution in [3.8, 4) is 0 Å². The number of benzene rings is 2. The van der Waals surface area contributed by atoms with Gasteiger partial charge in [-0.2, -0.15) is 0 Å². The van der Waals surface area contributed by atoms with E-state index in [1.54, 1.807) is 0 Å². The van der Waals surface area contributed by atoms with E-state index in [2.05, 4.69) is 5.32 Å². The summed E-state index contributed by atoms with van der Waals surface area (Å²) in [6.07, 6.45) is 0.636. The van der Waals surface area contributed by atoms with Crippen LogP contribution >= 0.6 is 23.2 Å². The summed E-state index contributed by atoms with van der Waals surface area (Å²) < 4.78 is 4.97. The quantitative estimate of drug-likeness (QED) is 0.519. The Balaban J connectivity index is 1.52. The molecule has 0 saturated heterocycles. The molecule has 3 amide bonds.